The van der Waals surface area contributed by atoms with Crippen molar-refractivity contribution in [3.05, 3.63) is 46.0 Å². The third kappa shape index (κ3) is 3.95. The van der Waals surface area contributed by atoms with Gasteiger partial charge >= 0.3 is 0 Å². The SMILES string of the molecule is CN(CCc1cccs1)Cc1occc1CNC1CC1. The first-order chi connectivity index (χ1) is 9.81. The summed E-state index contributed by atoms with van der Waals surface area (Å²) in [6.07, 6.45) is 5.58. The molecule has 2 heterocycles. The molecule has 0 radical (unpaired) electrons. The van der Waals surface area contributed by atoms with Crippen LogP contribution in [0.4, 0.5) is 0 Å². The van der Waals surface area contributed by atoms with Gasteiger partial charge in [0, 0.05) is 29.6 Å². The van der Waals surface area contributed by atoms with E-state index in [0.717, 1.165) is 37.9 Å². The fourth-order valence-electron chi connectivity index (χ4n) is 2.29. The summed E-state index contributed by atoms with van der Waals surface area (Å²) in [5.41, 5.74) is 1.31. The van der Waals surface area contributed by atoms with Gasteiger partial charge in [-0.1, -0.05) is 6.07 Å². The van der Waals surface area contributed by atoms with Gasteiger partial charge < -0.3 is 9.73 Å². The van der Waals surface area contributed by atoms with Gasteiger partial charge in [0.25, 0.3) is 0 Å². The van der Waals surface area contributed by atoms with Crippen molar-refractivity contribution in [1.82, 2.24) is 10.2 Å². The number of furan rings is 1. The van der Waals surface area contributed by atoms with Crippen molar-refractivity contribution in [3.63, 3.8) is 0 Å². The Bertz CT molecular complexity index is 516. The van der Waals surface area contributed by atoms with Crippen LogP contribution in [0.5, 0.6) is 0 Å². The lowest BCUT2D eigenvalue weighted by atomic mass is 10.2. The fraction of sp³-hybridized carbons (Fsp3) is 0.500. The monoisotopic (exact) mass is 290 g/mol. The van der Waals surface area contributed by atoms with Crippen LogP contribution in [-0.2, 0) is 19.5 Å². The second-order valence-electron chi connectivity index (χ2n) is 5.59. The lowest BCUT2D eigenvalue weighted by Crippen LogP contribution is -2.22. The second-order valence-corrected chi connectivity index (χ2v) is 6.62. The molecule has 3 nitrogen and oxygen atoms in total. The van der Waals surface area contributed by atoms with Gasteiger partial charge in [-0.05, 0) is 43.8 Å². The highest BCUT2D eigenvalue weighted by molar-refractivity contribution is 7.09. The van der Waals surface area contributed by atoms with Gasteiger partial charge in [0.2, 0.25) is 0 Å². The van der Waals surface area contributed by atoms with E-state index in [9.17, 15) is 0 Å². The first-order valence-corrected chi connectivity index (χ1v) is 8.19. The molecule has 0 bridgehead atoms. The van der Waals surface area contributed by atoms with Crippen LogP contribution in [0.1, 0.15) is 29.0 Å². The quantitative estimate of drug-likeness (QED) is 0.809. The van der Waals surface area contributed by atoms with E-state index in [4.69, 9.17) is 4.42 Å². The lowest BCUT2D eigenvalue weighted by molar-refractivity contribution is 0.297. The summed E-state index contributed by atoms with van der Waals surface area (Å²) in [5, 5.41) is 5.69. The molecule has 108 valence electrons. The highest BCUT2D eigenvalue weighted by atomic mass is 32.1. The van der Waals surface area contributed by atoms with E-state index in [1.807, 2.05) is 17.6 Å². The van der Waals surface area contributed by atoms with Crippen molar-refractivity contribution >= 4 is 11.3 Å². The van der Waals surface area contributed by atoms with Crippen molar-refractivity contribution in [2.45, 2.75) is 38.4 Å². The van der Waals surface area contributed by atoms with E-state index >= 15 is 0 Å². The Morgan fingerprint density at radius 2 is 2.30 bits per heavy atom. The minimum absolute atomic E-state index is 0.745. The van der Waals surface area contributed by atoms with Gasteiger partial charge in [0.1, 0.15) is 5.76 Å². The summed E-state index contributed by atoms with van der Waals surface area (Å²) in [4.78, 5) is 3.78. The molecule has 3 rings (SSSR count). The molecule has 2 aromatic heterocycles. The average molecular weight is 290 g/mol. The predicted octanol–water partition coefficient (Wildman–Crippen LogP) is 3.27. The molecule has 0 aliphatic heterocycles. The number of nitrogens with one attached hydrogen (secondary N) is 1. The van der Waals surface area contributed by atoms with Gasteiger partial charge in [-0.2, -0.15) is 0 Å². The Balaban J connectivity index is 1.47. The molecule has 1 N–H and O–H groups in total. The van der Waals surface area contributed by atoms with E-state index in [1.165, 1.54) is 23.3 Å². The maximum atomic E-state index is 5.65. The van der Waals surface area contributed by atoms with Crippen LogP contribution in [0.3, 0.4) is 0 Å². The van der Waals surface area contributed by atoms with Crippen LogP contribution in [0.25, 0.3) is 0 Å². The molecule has 0 amide bonds. The largest absolute Gasteiger partial charge is 0.468 e. The van der Waals surface area contributed by atoms with E-state index in [0.29, 0.717) is 0 Å². The summed E-state index contributed by atoms with van der Waals surface area (Å²) < 4.78 is 5.65. The molecular formula is C16H22N2OS. The minimum atomic E-state index is 0.745. The molecule has 4 heteroatoms. The summed E-state index contributed by atoms with van der Waals surface area (Å²) in [5.74, 6) is 1.10. The van der Waals surface area contributed by atoms with Crippen LogP contribution in [0.15, 0.2) is 34.3 Å². The van der Waals surface area contributed by atoms with Crippen LogP contribution in [0, 0.1) is 0 Å². The Kier molecular flexibility index (Phi) is 4.55. The van der Waals surface area contributed by atoms with Gasteiger partial charge in [-0.3, -0.25) is 4.90 Å². The minimum Gasteiger partial charge on any atom is -0.468 e. The Labute approximate surface area is 124 Å². The number of hydrogen-bond donors (Lipinski definition) is 1. The van der Waals surface area contributed by atoms with Crippen LogP contribution in [-0.4, -0.2) is 24.5 Å². The average Bonchev–Trinajstić information content (AvgIpc) is 2.95. The molecule has 0 atom stereocenters. The van der Waals surface area contributed by atoms with Crippen molar-refractivity contribution in [2.75, 3.05) is 13.6 Å². The zero-order valence-electron chi connectivity index (χ0n) is 12.0. The normalized spacial score (nSPS) is 15.1. The van der Waals surface area contributed by atoms with Crippen LogP contribution < -0.4 is 5.32 Å². The first-order valence-electron chi connectivity index (χ1n) is 7.31. The Morgan fingerprint density at radius 3 is 3.05 bits per heavy atom. The number of hydrogen-bond acceptors (Lipinski definition) is 4. The summed E-state index contributed by atoms with van der Waals surface area (Å²) in [6, 6.07) is 7.16. The van der Waals surface area contributed by atoms with Crippen molar-refractivity contribution in [1.29, 1.82) is 0 Å². The molecule has 1 aliphatic carbocycles. The topological polar surface area (TPSA) is 28.4 Å². The lowest BCUT2D eigenvalue weighted by Gasteiger charge is -2.15. The van der Waals surface area contributed by atoms with Crippen LogP contribution in [0.2, 0.25) is 0 Å². The van der Waals surface area contributed by atoms with E-state index in [-0.39, 0.29) is 0 Å². The van der Waals surface area contributed by atoms with E-state index in [1.54, 1.807) is 0 Å². The Morgan fingerprint density at radius 1 is 1.40 bits per heavy atom. The summed E-state index contributed by atoms with van der Waals surface area (Å²) >= 11 is 1.83. The first kappa shape index (κ1) is 13.9. The molecule has 0 spiro atoms. The zero-order valence-corrected chi connectivity index (χ0v) is 12.8. The molecule has 2 aromatic rings. The molecule has 20 heavy (non-hydrogen) atoms. The number of likely N-dealkylation sites (N-methyl/N-ethyl adjacent to an activating group) is 1. The van der Waals surface area contributed by atoms with Crippen molar-refractivity contribution in [3.8, 4) is 0 Å². The maximum Gasteiger partial charge on any atom is 0.122 e. The van der Waals surface area contributed by atoms with Gasteiger partial charge in [0.15, 0.2) is 0 Å². The Hall–Kier alpha value is -1.10. The third-order valence-corrected chi connectivity index (χ3v) is 4.67. The predicted molar refractivity (Wildman–Crippen MR) is 82.9 cm³/mol. The second kappa shape index (κ2) is 6.57. The molecule has 1 fully saturated rings. The summed E-state index contributed by atoms with van der Waals surface area (Å²) in [6.45, 7) is 2.89. The smallest absolute Gasteiger partial charge is 0.122 e. The third-order valence-electron chi connectivity index (χ3n) is 3.73. The molecule has 0 unspecified atom stereocenters. The molecule has 1 aliphatic rings. The van der Waals surface area contributed by atoms with Gasteiger partial charge in [-0.25, -0.2) is 0 Å². The number of nitrogens with zero attached hydrogens (tertiary/aromatic N) is 1. The van der Waals surface area contributed by atoms with E-state index in [2.05, 4.69) is 40.8 Å². The fourth-order valence-corrected chi connectivity index (χ4v) is 2.98. The van der Waals surface area contributed by atoms with Crippen LogP contribution >= 0.6 is 11.3 Å². The van der Waals surface area contributed by atoms with E-state index < -0.39 is 0 Å². The standard InChI is InChI=1S/C16H22N2OS/c1-18(8-6-15-3-2-10-20-15)12-16-13(7-9-19-16)11-17-14-4-5-14/h2-3,7,9-10,14,17H,4-6,8,11-12H2,1H3. The summed E-state index contributed by atoms with van der Waals surface area (Å²) in [7, 11) is 2.16. The molecule has 1 saturated carbocycles. The zero-order chi connectivity index (χ0) is 13.8. The maximum absolute atomic E-state index is 5.65. The van der Waals surface area contributed by atoms with Gasteiger partial charge in [0.05, 0.1) is 12.8 Å². The van der Waals surface area contributed by atoms with Crippen molar-refractivity contribution in [2.24, 2.45) is 0 Å². The molecular weight excluding hydrogens is 268 g/mol. The number of thiophene rings is 1. The van der Waals surface area contributed by atoms with Crippen molar-refractivity contribution < 1.29 is 4.42 Å². The highest BCUT2D eigenvalue weighted by Gasteiger charge is 2.21. The number of rotatable bonds is 8. The molecule has 0 aromatic carbocycles. The molecule has 0 saturated heterocycles. The highest BCUT2D eigenvalue weighted by Crippen LogP contribution is 2.21. The van der Waals surface area contributed by atoms with Gasteiger partial charge in [-0.15, -0.1) is 11.3 Å².